The molecule has 0 atom stereocenters. The Balaban J connectivity index is -0.0000000392. The van der Waals surface area contributed by atoms with Crippen LogP contribution in [0.15, 0.2) is 16.9 Å². The fourth-order valence-corrected chi connectivity index (χ4v) is 0.469. The van der Waals surface area contributed by atoms with E-state index in [1.54, 1.807) is 63.1 Å². The molecule has 0 amide bonds. The third-order valence-corrected chi connectivity index (χ3v) is 1.42. The van der Waals surface area contributed by atoms with Crippen LogP contribution in [0, 0.1) is 0 Å². The number of carboxylic acid groups (broad SMARTS) is 2. The van der Waals surface area contributed by atoms with Gasteiger partial charge in [-0.05, 0) is 17.5 Å². The van der Waals surface area contributed by atoms with Crippen molar-refractivity contribution >= 4 is 48.1 Å². The Morgan fingerprint density at radius 3 is 1.25 bits per heavy atom. The van der Waals surface area contributed by atoms with Crippen LogP contribution >= 0.6 is 0 Å². The summed E-state index contributed by atoms with van der Waals surface area (Å²) in [4.78, 5) is 67.2. The van der Waals surface area contributed by atoms with E-state index in [1.807, 2.05) is 0 Å². The molecular weight excluding hydrogens is 919 g/mol. The van der Waals surface area contributed by atoms with E-state index in [1.165, 1.54) is 26.6 Å². The van der Waals surface area contributed by atoms with Gasteiger partial charge in [-0.3, -0.25) is 0 Å². The molecule has 0 saturated carbocycles. The molecule has 0 rings (SSSR count). The van der Waals surface area contributed by atoms with Crippen molar-refractivity contribution in [1.29, 1.82) is 0 Å². The average Bonchev–Trinajstić information content (AvgIpc) is 2.76. The number of carbonyl (C=O) groups excluding carboxylic acids is 5. The van der Waals surface area contributed by atoms with Crippen molar-refractivity contribution in [2.75, 3.05) is 7.11 Å². The first-order valence-corrected chi connectivity index (χ1v) is 7.48. The Labute approximate surface area is 248 Å². The first kappa shape index (κ1) is 53.0. The van der Waals surface area contributed by atoms with Gasteiger partial charge in [-0.25, -0.2) is 5.10 Å². The summed E-state index contributed by atoms with van der Waals surface area (Å²) in [5.74, 6) is -0.532. The number of Topliss-reactive ketones (excluding diaryl/α,β-unsaturated/α-hetero) is 2. The Morgan fingerprint density at radius 1 is 0.844 bits per heavy atom. The summed E-state index contributed by atoms with van der Waals surface area (Å²) in [6.45, 7) is 1.19. The predicted molar refractivity (Wildman–Crippen MR) is 76.8 cm³/mol. The summed E-state index contributed by atoms with van der Waals surface area (Å²) in [6, 6.07) is 0. The number of nitrogens with two attached hydrogens (primary N) is 1. The number of ether oxygens (including phenoxy) is 1. The molecule has 4 N–H and O–H groups in total. The second-order valence-corrected chi connectivity index (χ2v) is 3.05. The zero-order chi connectivity index (χ0) is 25.7. The van der Waals surface area contributed by atoms with E-state index in [2.05, 4.69) is 15.7 Å². The molecule has 0 aliphatic carbocycles. The summed E-state index contributed by atoms with van der Waals surface area (Å²) in [6.07, 6.45) is 3.96. The Morgan fingerprint density at radius 2 is 1.22 bits per heavy atom. The van der Waals surface area contributed by atoms with Crippen molar-refractivity contribution in [3.63, 3.8) is 0 Å². The predicted octanol–water partition coefficient (Wildman–Crippen LogP) is -2.91. The molecule has 0 aromatic heterocycles. The van der Waals surface area contributed by atoms with Gasteiger partial charge in [0.05, 0.1) is 13.4 Å². The van der Waals surface area contributed by atoms with E-state index >= 15 is 0 Å². The van der Waals surface area contributed by atoms with Crippen LogP contribution < -0.4 is 5.84 Å². The van der Waals surface area contributed by atoms with Crippen LogP contribution in [-0.2, 0) is 156 Å². The molecular formula is C12H11Ag5N2O13-3. The van der Waals surface area contributed by atoms with E-state index in [0.29, 0.717) is 6.29 Å². The molecule has 0 spiro atoms. The van der Waals surface area contributed by atoms with Crippen molar-refractivity contribution in [1.82, 2.24) is 0 Å². The fraction of sp³-hybridized carbons (Fsp3) is 0.167. The van der Waals surface area contributed by atoms with Gasteiger partial charge in [-0.15, -0.1) is 0 Å². The zero-order valence-corrected chi connectivity index (χ0v) is 22.4. The fourth-order valence-electron chi connectivity index (χ4n) is 0.469. The quantitative estimate of drug-likeness (QED) is 0.0221. The number of hydrogen-bond acceptors (Lipinski definition) is 13. The van der Waals surface area contributed by atoms with Crippen LogP contribution in [-0.4, -0.2) is 65.4 Å². The van der Waals surface area contributed by atoms with Crippen molar-refractivity contribution < 1.29 is 166 Å². The van der Waals surface area contributed by atoms with Crippen molar-refractivity contribution in [3.8, 4) is 0 Å². The van der Waals surface area contributed by atoms with Gasteiger partial charge in [0.15, 0.2) is 0 Å². The van der Waals surface area contributed by atoms with E-state index in [9.17, 15) is 28.8 Å². The first-order valence-electron chi connectivity index (χ1n) is 5.66. The maximum absolute atomic E-state index is 10.1. The molecule has 0 fully saturated rings. The Hall–Kier alpha value is -0.599. The number of methoxy groups -OCH3 is 1. The van der Waals surface area contributed by atoms with Gasteiger partial charge in [-0.1, -0.05) is 6.92 Å². The zero-order valence-electron chi connectivity index (χ0n) is 15.0. The van der Waals surface area contributed by atoms with Gasteiger partial charge < -0.3 is 54.4 Å². The molecule has 205 valence electrons. The third kappa shape index (κ3) is 47.3. The molecule has 0 aliphatic rings. The number of carboxylic acids is 2. The molecule has 0 aromatic rings. The average molecular weight is 931 g/mol. The van der Waals surface area contributed by atoms with Crippen molar-refractivity contribution in [2.45, 2.75) is 6.92 Å². The molecule has 0 aromatic carbocycles. The van der Waals surface area contributed by atoms with Gasteiger partial charge in [-0.2, -0.15) is 0 Å². The number of ketones is 2. The van der Waals surface area contributed by atoms with E-state index in [4.69, 9.17) is 24.8 Å². The number of hydrogen-bond donors (Lipinski definition) is 3. The summed E-state index contributed by atoms with van der Waals surface area (Å²) in [5, 5.41) is 18.5. The molecule has 20 heteroatoms. The van der Waals surface area contributed by atoms with Crippen LogP contribution in [0.3, 0.4) is 0 Å². The number of nitrogens with zero attached hydrogens (tertiary/aromatic N) is 1. The summed E-state index contributed by atoms with van der Waals surface area (Å²) in [7, 11) is 1.25. The van der Waals surface area contributed by atoms with Gasteiger partial charge in [0, 0.05) is 63.1 Å². The molecule has 2 radical (unpaired) electrons. The number of rotatable bonds is 7. The van der Waals surface area contributed by atoms with E-state index in [0.717, 1.165) is 6.26 Å². The van der Waals surface area contributed by atoms with Gasteiger partial charge in [0.1, 0.15) is 5.78 Å². The van der Waals surface area contributed by atoms with Crippen LogP contribution in [0.2, 0.25) is 0 Å². The summed E-state index contributed by atoms with van der Waals surface area (Å²) in [5.41, 5.74) is -0.873. The normalized spacial score (nSPS) is 7.88. The summed E-state index contributed by atoms with van der Waals surface area (Å²) >= 11 is 5.10. The molecule has 0 heterocycles. The maximum atomic E-state index is 10.1. The van der Waals surface area contributed by atoms with Crippen LogP contribution in [0.25, 0.3) is 0 Å². The summed E-state index contributed by atoms with van der Waals surface area (Å²) < 4.78 is 28.4. The van der Waals surface area contributed by atoms with Crippen molar-refractivity contribution in [3.05, 3.63) is 11.8 Å². The SMILES string of the molecule is CC(=O)/C([C-]=O)=N/N.CO/C=C(/[C-]=O)C(=O)O.O=[C-]C(=O)C(=O)O.[Ag].[Ag].[O]=[Ag].[O]=[Ag].[O]=[Ag]. The topological polar surface area (TPSA) is 259 Å². The molecule has 0 unspecified atom stereocenters. The monoisotopic (exact) mass is 926 g/mol. The Bertz CT molecular complexity index is 624. The number of carbonyl (C=O) groups is 4. The van der Waals surface area contributed by atoms with E-state index < -0.39 is 29.1 Å². The second-order valence-electron chi connectivity index (χ2n) is 3.05. The molecule has 32 heavy (non-hydrogen) atoms. The van der Waals surface area contributed by atoms with E-state index in [-0.39, 0.29) is 50.5 Å². The van der Waals surface area contributed by atoms with Crippen molar-refractivity contribution in [2.24, 2.45) is 10.9 Å². The Kier molecular flexibility index (Phi) is 79.5. The number of aliphatic carboxylic acids is 2. The van der Waals surface area contributed by atoms with Gasteiger partial charge >= 0.3 is 72.9 Å². The first-order chi connectivity index (χ1) is 14.1. The van der Waals surface area contributed by atoms with Crippen LogP contribution in [0.5, 0.6) is 0 Å². The van der Waals surface area contributed by atoms with Crippen LogP contribution in [0.1, 0.15) is 6.92 Å². The molecule has 0 aliphatic heterocycles. The van der Waals surface area contributed by atoms with Gasteiger partial charge in [0.2, 0.25) is 11.9 Å². The molecule has 0 saturated heterocycles. The molecule has 15 nitrogen and oxygen atoms in total. The van der Waals surface area contributed by atoms with Gasteiger partial charge in [0.25, 0.3) is 0 Å². The minimum absolute atomic E-state index is 0. The second kappa shape index (κ2) is 48.0. The number of hydrazone groups is 1. The third-order valence-electron chi connectivity index (χ3n) is 1.42. The van der Waals surface area contributed by atoms with Crippen LogP contribution in [0.4, 0.5) is 0 Å². The molecule has 0 bridgehead atoms. The standard InChI is InChI=1S/C5H5O4.C4H5N2O2.C3HO4.5Ag.3O/c1-9-3-4(2-6)5(7)8;1-3(8)4(2-7)6-5;4-1-2(5)3(6)7;;;;;;;;/h3H,1H3,(H,7,8);5H2,1H3;(H,6,7);;;;;;;;/q3*-1;;;;;;;;/b4-3-;6-4+;;;;;;;;;. The minimum atomic E-state index is -1.77.